The van der Waals surface area contributed by atoms with Crippen molar-refractivity contribution in [3.63, 3.8) is 0 Å². The quantitative estimate of drug-likeness (QED) is 0.805. The number of rotatable bonds is 6. The molecular weight excluding hydrogens is 224 g/mol. The molecule has 1 aromatic rings. The Morgan fingerprint density at radius 2 is 2.25 bits per heavy atom. The van der Waals surface area contributed by atoms with Gasteiger partial charge in [0, 0.05) is 12.6 Å². The zero-order valence-electron chi connectivity index (χ0n) is 9.79. The van der Waals surface area contributed by atoms with Crippen LogP contribution in [0.1, 0.15) is 24.9 Å². The van der Waals surface area contributed by atoms with Gasteiger partial charge in [0.2, 0.25) is 0 Å². The van der Waals surface area contributed by atoms with Gasteiger partial charge in [0.1, 0.15) is 5.75 Å². The van der Waals surface area contributed by atoms with Crippen LogP contribution in [0.2, 0.25) is 5.02 Å². The second kappa shape index (κ2) is 6.74. The summed E-state index contributed by atoms with van der Waals surface area (Å²) in [6, 6.07) is 5.92. The average molecular weight is 243 g/mol. The van der Waals surface area contributed by atoms with E-state index in [1.165, 1.54) is 0 Å². The fourth-order valence-corrected chi connectivity index (χ4v) is 1.82. The van der Waals surface area contributed by atoms with E-state index in [0.29, 0.717) is 17.3 Å². The van der Waals surface area contributed by atoms with Crippen LogP contribution >= 0.6 is 11.6 Å². The maximum Gasteiger partial charge on any atom is 0.137 e. The van der Waals surface area contributed by atoms with E-state index in [1.807, 2.05) is 18.2 Å². The summed E-state index contributed by atoms with van der Waals surface area (Å²) in [5.41, 5.74) is 6.83. The Morgan fingerprint density at radius 1 is 1.50 bits per heavy atom. The summed E-state index contributed by atoms with van der Waals surface area (Å²) in [7, 11) is 1.61. The van der Waals surface area contributed by atoms with Crippen LogP contribution in [0.5, 0.6) is 5.75 Å². The molecule has 0 aromatic heterocycles. The highest BCUT2D eigenvalue weighted by atomic mass is 35.5. The van der Waals surface area contributed by atoms with Crippen molar-refractivity contribution in [3.05, 3.63) is 28.8 Å². The summed E-state index contributed by atoms with van der Waals surface area (Å²) in [4.78, 5) is 0. The molecule has 0 aliphatic heterocycles. The van der Waals surface area contributed by atoms with Gasteiger partial charge in [-0.3, -0.25) is 0 Å². The third-order valence-corrected chi connectivity index (χ3v) is 2.75. The van der Waals surface area contributed by atoms with Gasteiger partial charge in [-0.25, -0.2) is 0 Å². The lowest BCUT2D eigenvalue weighted by Gasteiger charge is -2.17. The van der Waals surface area contributed by atoms with Crippen LogP contribution in [0.3, 0.4) is 0 Å². The van der Waals surface area contributed by atoms with Gasteiger partial charge >= 0.3 is 0 Å². The summed E-state index contributed by atoms with van der Waals surface area (Å²) in [5.74, 6) is 0.691. The molecule has 90 valence electrons. The number of halogens is 1. The molecule has 0 radical (unpaired) electrons. The number of hydrogen-bond donors (Lipinski definition) is 2. The van der Waals surface area contributed by atoms with Gasteiger partial charge in [-0.15, -0.1) is 0 Å². The smallest absolute Gasteiger partial charge is 0.137 e. The summed E-state index contributed by atoms with van der Waals surface area (Å²) < 4.78 is 5.11. The topological polar surface area (TPSA) is 47.3 Å². The van der Waals surface area contributed by atoms with Crippen LogP contribution in [0.4, 0.5) is 0 Å². The van der Waals surface area contributed by atoms with Crippen molar-refractivity contribution in [1.29, 1.82) is 0 Å². The highest BCUT2D eigenvalue weighted by Gasteiger charge is 2.10. The van der Waals surface area contributed by atoms with Crippen LogP contribution in [0.25, 0.3) is 0 Å². The largest absolute Gasteiger partial charge is 0.495 e. The third kappa shape index (κ3) is 3.37. The van der Waals surface area contributed by atoms with Gasteiger partial charge < -0.3 is 15.8 Å². The third-order valence-electron chi connectivity index (χ3n) is 2.45. The minimum atomic E-state index is 0.156. The molecule has 0 amide bonds. The summed E-state index contributed by atoms with van der Waals surface area (Å²) in [6.45, 7) is 3.63. The Labute approximate surface area is 102 Å². The summed E-state index contributed by atoms with van der Waals surface area (Å²) in [6.07, 6.45) is 1.08. The van der Waals surface area contributed by atoms with E-state index in [2.05, 4.69) is 12.2 Å². The van der Waals surface area contributed by atoms with Crippen molar-refractivity contribution in [2.45, 2.75) is 19.4 Å². The first-order valence-electron chi connectivity index (χ1n) is 5.49. The van der Waals surface area contributed by atoms with Crippen molar-refractivity contribution in [2.24, 2.45) is 5.73 Å². The van der Waals surface area contributed by atoms with Crippen LogP contribution in [0.15, 0.2) is 18.2 Å². The second-order valence-corrected chi connectivity index (χ2v) is 4.04. The van der Waals surface area contributed by atoms with E-state index in [0.717, 1.165) is 18.5 Å². The lowest BCUT2D eigenvalue weighted by molar-refractivity contribution is 0.414. The zero-order chi connectivity index (χ0) is 12.0. The van der Waals surface area contributed by atoms with Gasteiger partial charge in [0.25, 0.3) is 0 Å². The molecule has 0 aliphatic carbocycles. The maximum absolute atomic E-state index is 6.07. The van der Waals surface area contributed by atoms with Crippen LogP contribution in [0, 0.1) is 0 Å². The zero-order valence-corrected chi connectivity index (χ0v) is 10.6. The van der Waals surface area contributed by atoms with E-state index >= 15 is 0 Å². The van der Waals surface area contributed by atoms with Gasteiger partial charge in [-0.1, -0.05) is 24.6 Å². The Kier molecular flexibility index (Phi) is 5.60. The van der Waals surface area contributed by atoms with E-state index in [-0.39, 0.29) is 6.04 Å². The standard InChI is InChI=1S/C12H19ClN2O/c1-3-6-15-11(8-14)9-4-5-12(16-2)10(13)7-9/h4-5,7,11,15H,3,6,8,14H2,1-2H3. The SMILES string of the molecule is CCCNC(CN)c1ccc(OC)c(Cl)c1. The average Bonchev–Trinajstić information content (AvgIpc) is 2.30. The van der Waals surface area contributed by atoms with Crippen molar-refractivity contribution in [2.75, 3.05) is 20.2 Å². The van der Waals surface area contributed by atoms with Gasteiger partial charge in [0.05, 0.1) is 12.1 Å². The molecule has 0 aliphatic rings. The normalized spacial score (nSPS) is 12.5. The number of methoxy groups -OCH3 is 1. The van der Waals surface area contributed by atoms with E-state index < -0.39 is 0 Å². The van der Waals surface area contributed by atoms with Crippen molar-refractivity contribution >= 4 is 11.6 Å². The molecule has 3 nitrogen and oxygen atoms in total. The predicted octanol–water partition coefficient (Wildman–Crippen LogP) is 2.35. The molecule has 0 bridgehead atoms. The molecule has 1 aromatic carbocycles. The molecule has 0 saturated carbocycles. The lowest BCUT2D eigenvalue weighted by atomic mass is 10.1. The second-order valence-electron chi connectivity index (χ2n) is 3.64. The van der Waals surface area contributed by atoms with Gasteiger partial charge in [-0.2, -0.15) is 0 Å². The summed E-state index contributed by atoms with van der Waals surface area (Å²) >= 11 is 6.07. The first kappa shape index (κ1) is 13.3. The lowest BCUT2D eigenvalue weighted by Crippen LogP contribution is -2.28. The molecule has 0 saturated heterocycles. The molecule has 1 rings (SSSR count). The molecule has 0 heterocycles. The molecule has 4 heteroatoms. The van der Waals surface area contributed by atoms with E-state index in [1.54, 1.807) is 7.11 Å². The van der Waals surface area contributed by atoms with Crippen molar-refractivity contribution in [3.8, 4) is 5.75 Å². The molecule has 3 N–H and O–H groups in total. The van der Waals surface area contributed by atoms with Crippen molar-refractivity contribution in [1.82, 2.24) is 5.32 Å². The van der Waals surface area contributed by atoms with E-state index in [9.17, 15) is 0 Å². The molecule has 0 spiro atoms. The fourth-order valence-electron chi connectivity index (χ4n) is 1.56. The maximum atomic E-state index is 6.07. The van der Waals surface area contributed by atoms with Crippen LogP contribution in [-0.2, 0) is 0 Å². The Bertz CT molecular complexity index is 331. The minimum absolute atomic E-state index is 0.156. The number of ether oxygens (including phenoxy) is 1. The van der Waals surface area contributed by atoms with Crippen LogP contribution in [-0.4, -0.2) is 20.2 Å². The number of nitrogens with one attached hydrogen (secondary N) is 1. The molecule has 1 atom stereocenters. The number of nitrogens with two attached hydrogens (primary N) is 1. The minimum Gasteiger partial charge on any atom is -0.495 e. The first-order chi connectivity index (χ1) is 7.72. The molecule has 0 fully saturated rings. The van der Waals surface area contributed by atoms with E-state index in [4.69, 9.17) is 22.1 Å². The highest BCUT2D eigenvalue weighted by Crippen LogP contribution is 2.27. The Balaban J connectivity index is 2.80. The fraction of sp³-hybridized carbons (Fsp3) is 0.500. The molecule has 16 heavy (non-hydrogen) atoms. The van der Waals surface area contributed by atoms with Gasteiger partial charge in [-0.05, 0) is 30.7 Å². The highest BCUT2D eigenvalue weighted by molar-refractivity contribution is 6.32. The molecular formula is C12H19ClN2O. The number of benzene rings is 1. The van der Waals surface area contributed by atoms with Crippen molar-refractivity contribution < 1.29 is 4.74 Å². The Hall–Kier alpha value is -0.770. The van der Waals surface area contributed by atoms with Gasteiger partial charge in [0.15, 0.2) is 0 Å². The number of hydrogen-bond acceptors (Lipinski definition) is 3. The molecule has 1 unspecified atom stereocenters. The Morgan fingerprint density at radius 3 is 2.75 bits per heavy atom. The summed E-state index contributed by atoms with van der Waals surface area (Å²) in [5, 5.41) is 4.00. The first-order valence-corrected chi connectivity index (χ1v) is 5.87. The predicted molar refractivity (Wildman–Crippen MR) is 68.1 cm³/mol. The monoisotopic (exact) mass is 242 g/mol. The van der Waals surface area contributed by atoms with Crippen LogP contribution < -0.4 is 15.8 Å².